The molecule has 1 aliphatic rings. The second-order valence-corrected chi connectivity index (χ2v) is 6.39. The van der Waals surface area contributed by atoms with Gasteiger partial charge in [0.2, 0.25) is 5.91 Å². The quantitative estimate of drug-likeness (QED) is 0.847. The predicted octanol–water partition coefficient (Wildman–Crippen LogP) is 2.44. The number of hydrogen-bond donors (Lipinski definition) is 1. The van der Waals surface area contributed by atoms with E-state index >= 15 is 0 Å². The van der Waals surface area contributed by atoms with Crippen LogP contribution in [0, 0.1) is 0 Å². The SMILES string of the molecule is CCN(CC)CCN1C(=O)C(C)Sc2cc(N)ccc21. The van der Waals surface area contributed by atoms with E-state index in [-0.39, 0.29) is 11.2 Å². The third-order valence-corrected chi connectivity index (χ3v) is 4.86. The first-order valence-corrected chi connectivity index (χ1v) is 8.04. The van der Waals surface area contributed by atoms with Crippen molar-refractivity contribution in [3.05, 3.63) is 18.2 Å². The molecule has 0 bridgehead atoms. The number of fused-ring (bicyclic) bond motifs is 1. The molecule has 1 aliphatic heterocycles. The molecule has 1 amide bonds. The number of carbonyl (C=O) groups is 1. The van der Waals surface area contributed by atoms with E-state index in [9.17, 15) is 4.79 Å². The van der Waals surface area contributed by atoms with Gasteiger partial charge in [-0.1, -0.05) is 13.8 Å². The summed E-state index contributed by atoms with van der Waals surface area (Å²) in [7, 11) is 0. The van der Waals surface area contributed by atoms with Gasteiger partial charge in [0.05, 0.1) is 10.9 Å². The molecule has 2 rings (SSSR count). The van der Waals surface area contributed by atoms with Crippen molar-refractivity contribution < 1.29 is 4.79 Å². The third kappa shape index (κ3) is 3.10. The van der Waals surface area contributed by atoms with Crippen molar-refractivity contribution in [1.82, 2.24) is 4.90 Å². The number of thioether (sulfide) groups is 1. The molecule has 1 atom stereocenters. The number of nitrogens with two attached hydrogens (primary N) is 1. The average Bonchev–Trinajstić information content (AvgIpc) is 2.43. The van der Waals surface area contributed by atoms with E-state index in [1.165, 1.54) is 0 Å². The Kier molecular flexibility index (Phi) is 4.94. The summed E-state index contributed by atoms with van der Waals surface area (Å²) in [6.45, 7) is 9.92. The summed E-state index contributed by atoms with van der Waals surface area (Å²) in [4.78, 5) is 17.8. The minimum absolute atomic E-state index is 0.0407. The number of nitrogen functional groups attached to an aromatic ring is 1. The van der Waals surface area contributed by atoms with Gasteiger partial charge < -0.3 is 15.5 Å². The first-order chi connectivity index (χ1) is 9.56. The van der Waals surface area contributed by atoms with Gasteiger partial charge >= 0.3 is 0 Å². The topological polar surface area (TPSA) is 49.6 Å². The van der Waals surface area contributed by atoms with E-state index in [1.807, 2.05) is 30.0 Å². The van der Waals surface area contributed by atoms with Crippen molar-refractivity contribution >= 4 is 29.0 Å². The Morgan fingerprint density at radius 2 is 2.05 bits per heavy atom. The number of nitrogens with zero attached hydrogens (tertiary/aromatic N) is 2. The molecule has 0 aliphatic carbocycles. The van der Waals surface area contributed by atoms with Gasteiger partial charge in [0.25, 0.3) is 0 Å². The summed E-state index contributed by atoms with van der Waals surface area (Å²) in [5.41, 5.74) is 7.60. The molecular formula is C15H23N3OS. The molecule has 5 heteroatoms. The fourth-order valence-corrected chi connectivity index (χ4v) is 3.55. The van der Waals surface area contributed by atoms with E-state index in [4.69, 9.17) is 5.73 Å². The predicted molar refractivity (Wildman–Crippen MR) is 86.3 cm³/mol. The van der Waals surface area contributed by atoms with Gasteiger partial charge in [0.1, 0.15) is 0 Å². The fourth-order valence-electron chi connectivity index (χ4n) is 2.44. The second kappa shape index (κ2) is 6.50. The Morgan fingerprint density at radius 3 is 2.70 bits per heavy atom. The van der Waals surface area contributed by atoms with Crippen LogP contribution in [0.15, 0.2) is 23.1 Å². The molecule has 4 nitrogen and oxygen atoms in total. The minimum Gasteiger partial charge on any atom is -0.399 e. The molecular weight excluding hydrogens is 270 g/mol. The summed E-state index contributed by atoms with van der Waals surface area (Å²) in [5, 5.41) is -0.0407. The average molecular weight is 293 g/mol. The highest BCUT2D eigenvalue weighted by Crippen LogP contribution is 2.39. The van der Waals surface area contributed by atoms with Crippen LogP contribution >= 0.6 is 11.8 Å². The third-order valence-electron chi connectivity index (χ3n) is 3.73. The zero-order valence-corrected chi connectivity index (χ0v) is 13.2. The Hall–Kier alpha value is -1.20. The van der Waals surface area contributed by atoms with Gasteiger partial charge in [0, 0.05) is 23.7 Å². The number of benzene rings is 1. The van der Waals surface area contributed by atoms with Crippen LogP contribution in [0.4, 0.5) is 11.4 Å². The molecule has 110 valence electrons. The van der Waals surface area contributed by atoms with Crippen LogP contribution in [-0.2, 0) is 4.79 Å². The maximum absolute atomic E-state index is 12.4. The molecule has 1 aromatic carbocycles. The smallest absolute Gasteiger partial charge is 0.240 e. The molecule has 0 spiro atoms. The van der Waals surface area contributed by atoms with Crippen LogP contribution in [-0.4, -0.2) is 42.2 Å². The summed E-state index contributed by atoms with van der Waals surface area (Å²) >= 11 is 1.60. The first-order valence-electron chi connectivity index (χ1n) is 7.16. The lowest BCUT2D eigenvalue weighted by atomic mass is 10.2. The zero-order valence-electron chi connectivity index (χ0n) is 12.4. The van der Waals surface area contributed by atoms with Crippen LogP contribution in [0.2, 0.25) is 0 Å². The largest absolute Gasteiger partial charge is 0.399 e. The minimum atomic E-state index is -0.0407. The molecule has 1 aromatic rings. The molecule has 0 saturated carbocycles. The van der Waals surface area contributed by atoms with Crippen molar-refractivity contribution in [2.24, 2.45) is 0 Å². The summed E-state index contributed by atoms with van der Waals surface area (Å²) in [5.74, 6) is 0.194. The molecule has 1 unspecified atom stereocenters. The van der Waals surface area contributed by atoms with Gasteiger partial charge in [0.15, 0.2) is 0 Å². The van der Waals surface area contributed by atoms with E-state index < -0.39 is 0 Å². The van der Waals surface area contributed by atoms with E-state index in [2.05, 4.69) is 18.7 Å². The Balaban J connectivity index is 2.21. The number of rotatable bonds is 5. The normalized spacial score (nSPS) is 18.5. The summed E-state index contributed by atoms with van der Waals surface area (Å²) < 4.78 is 0. The highest BCUT2D eigenvalue weighted by molar-refractivity contribution is 8.01. The van der Waals surface area contributed by atoms with Gasteiger partial charge in [-0.05, 0) is 38.2 Å². The number of anilines is 2. The molecule has 2 N–H and O–H groups in total. The highest BCUT2D eigenvalue weighted by Gasteiger charge is 2.30. The number of amides is 1. The van der Waals surface area contributed by atoms with Crippen molar-refractivity contribution in [3.63, 3.8) is 0 Å². The molecule has 0 saturated heterocycles. The molecule has 0 fully saturated rings. The highest BCUT2D eigenvalue weighted by atomic mass is 32.2. The van der Waals surface area contributed by atoms with Crippen LogP contribution in [0.3, 0.4) is 0 Å². The summed E-state index contributed by atoms with van der Waals surface area (Å²) in [6.07, 6.45) is 0. The lowest BCUT2D eigenvalue weighted by Gasteiger charge is -2.34. The van der Waals surface area contributed by atoms with Crippen molar-refractivity contribution in [1.29, 1.82) is 0 Å². The second-order valence-electron chi connectivity index (χ2n) is 5.00. The van der Waals surface area contributed by atoms with Gasteiger partial charge in [-0.25, -0.2) is 0 Å². The molecule has 20 heavy (non-hydrogen) atoms. The van der Waals surface area contributed by atoms with Crippen molar-refractivity contribution in [2.75, 3.05) is 36.8 Å². The summed E-state index contributed by atoms with van der Waals surface area (Å²) in [6, 6.07) is 5.80. The number of carbonyl (C=O) groups excluding carboxylic acids is 1. The molecule has 0 radical (unpaired) electrons. The van der Waals surface area contributed by atoms with E-state index in [0.29, 0.717) is 0 Å². The van der Waals surface area contributed by atoms with Crippen LogP contribution in [0.1, 0.15) is 20.8 Å². The monoisotopic (exact) mass is 293 g/mol. The van der Waals surface area contributed by atoms with Gasteiger partial charge in [-0.15, -0.1) is 11.8 Å². The maximum Gasteiger partial charge on any atom is 0.240 e. The first kappa shape index (κ1) is 15.2. The maximum atomic E-state index is 12.4. The lowest BCUT2D eigenvalue weighted by Crippen LogP contribution is -2.44. The van der Waals surface area contributed by atoms with E-state index in [0.717, 1.165) is 42.4 Å². The zero-order chi connectivity index (χ0) is 14.7. The van der Waals surface area contributed by atoms with Crippen LogP contribution in [0.25, 0.3) is 0 Å². The van der Waals surface area contributed by atoms with Crippen LogP contribution < -0.4 is 10.6 Å². The van der Waals surface area contributed by atoms with Crippen LogP contribution in [0.5, 0.6) is 0 Å². The molecule has 1 heterocycles. The fraction of sp³-hybridized carbons (Fsp3) is 0.533. The Bertz CT molecular complexity index is 488. The standard InChI is InChI=1S/C15H23N3OS/c1-4-17(5-2)8-9-18-13-7-6-12(16)10-14(13)20-11(3)15(18)19/h6-7,10-11H,4-5,8-9,16H2,1-3H3. The van der Waals surface area contributed by atoms with Gasteiger partial charge in [-0.2, -0.15) is 0 Å². The van der Waals surface area contributed by atoms with Crippen molar-refractivity contribution in [3.8, 4) is 0 Å². The molecule has 0 aromatic heterocycles. The Labute approximate surface area is 125 Å². The Morgan fingerprint density at radius 1 is 1.35 bits per heavy atom. The number of hydrogen-bond acceptors (Lipinski definition) is 4. The number of likely N-dealkylation sites (N-methyl/N-ethyl adjacent to an activating group) is 1. The lowest BCUT2D eigenvalue weighted by molar-refractivity contribution is -0.118. The van der Waals surface area contributed by atoms with Gasteiger partial charge in [-0.3, -0.25) is 4.79 Å². The van der Waals surface area contributed by atoms with E-state index in [1.54, 1.807) is 11.8 Å². The van der Waals surface area contributed by atoms with Crippen molar-refractivity contribution in [2.45, 2.75) is 30.9 Å².